The van der Waals surface area contributed by atoms with E-state index in [1.165, 1.54) is 10.4 Å². The molecule has 1 atom stereocenters. The van der Waals surface area contributed by atoms with Gasteiger partial charge in [0.15, 0.2) is 11.5 Å². The number of hydrogen-bond acceptors (Lipinski definition) is 4. The van der Waals surface area contributed by atoms with E-state index in [0.29, 0.717) is 0 Å². The van der Waals surface area contributed by atoms with Crippen molar-refractivity contribution < 1.29 is 10.2 Å². The van der Waals surface area contributed by atoms with E-state index in [1.807, 2.05) is 0 Å². The van der Waals surface area contributed by atoms with Crippen molar-refractivity contribution in [3.63, 3.8) is 0 Å². The lowest BCUT2D eigenvalue weighted by Gasteiger charge is -2.27. The number of rotatable bonds is 1. The Morgan fingerprint density at radius 1 is 1.28 bits per heavy atom. The van der Waals surface area contributed by atoms with Gasteiger partial charge in [0.05, 0.1) is 6.04 Å². The summed E-state index contributed by atoms with van der Waals surface area (Å²) in [6, 6.07) is 5.60. The fourth-order valence-corrected chi connectivity index (χ4v) is 3.52. The van der Waals surface area contributed by atoms with Crippen molar-refractivity contribution >= 4 is 11.3 Å². The van der Waals surface area contributed by atoms with Crippen LogP contribution in [0.4, 0.5) is 0 Å². The smallest absolute Gasteiger partial charge is 0.157 e. The lowest BCUT2D eigenvalue weighted by atomic mass is 9.92. The van der Waals surface area contributed by atoms with Crippen LogP contribution < -0.4 is 5.32 Å². The highest BCUT2D eigenvalue weighted by molar-refractivity contribution is 7.10. The Hall–Kier alpha value is -1.52. The molecule has 94 valence electrons. The van der Waals surface area contributed by atoms with Crippen molar-refractivity contribution in [2.45, 2.75) is 19.4 Å². The number of hydrogen-bond donors (Lipinski definition) is 3. The molecule has 0 saturated carbocycles. The van der Waals surface area contributed by atoms with Crippen LogP contribution in [0, 0.1) is 6.92 Å². The Kier molecular flexibility index (Phi) is 2.76. The largest absolute Gasteiger partial charge is 0.504 e. The van der Waals surface area contributed by atoms with E-state index in [1.54, 1.807) is 23.5 Å². The third-order valence-electron chi connectivity index (χ3n) is 3.45. The first kappa shape index (κ1) is 11.6. The predicted octanol–water partition coefficient (Wildman–Crippen LogP) is 2.70. The van der Waals surface area contributed by atoms with Crippen LogP contribution in [0.25, 0.3) is 0 Å². The zero-order valence-corrected chi connectivity index (χ0v) is 10.9. The van der Waals surface area contributed by atoms with E-state index >= 15 is 0 Å². The molecular formula is C14H15NO2S. The number of aryl methyl sites for hydroxylation is 1. The molecule has 2 heterocycles. The number of phenols is 2. The van der Waals surface area contributed by atoms with Crippen LogP contribution in [-0.2, 0) is 6.42 Å². The average molecular weight is 261 g/mol. The molecule has 0 bridgehead atoms. The van der Waals surface area contributed by atoms with E-state index in [9.17, 15) is 10.2 Å². The maximum absolute atomic E-state index is 9.69. The van der Waals surface area contributed by atoms with Crippen molar-refractivity contribution in [2.75, 3.05) is 6.54 Å². The molecule has 0 aliphatic carbocycles. The molecule has 3 rings (SSSR count). The molecule has 3 N–H and O–H groups in total. The van der Waals surface area contributed by atoms with Crippen LogP contribution >= 0.6 is 11.3 Å². The summed E-state index contributed by atoms with van der Waals surface area (Å²) in [4.78, 5) is 1.28. The number of thiophene rings is 1. The Labute approximate surface area is 110 Å². The number of fused-ring (bicyclic) bond motifs is 1. The van der Waals surface area contributed by atoms with Gasteiger partial charge in [0.25, 0.3) is 0 Å². The second kappa shape index (κ2) is 4.30. The molecular weight excluding hydrogens is 246 g/mol. The number of aromatic hydroxyl groups is 2. The van der Waals surface area contributed by atoms with Crippen molar-refractivity contribution in [2.24, 2.45) is 0 Å². The molecule has 4 heteroatoms. The van der Waals surface area contributed by atoms with Crippen LogP contribution in [-0.4, -0.2) is 16.8 Å². The molecule has 1 unspecified atom stereocenters. The third-order valence-corrected chi connectivity index (χ3v) is 4.54. The van der Waals surface area contributed by atoms with Gasteiger partial charge < -0.3 is 15.5 Å². The second-order valence-electron chi connectivity index (χ2n) is 4.64. The van der Waals surface area contributed by atoms with Crippen molar-refractivity contribution in [1.29, 1.82) is 0 Å². The van der Waals surface area contributed by atoms with Gasteiger partial charge in [-0.1, -0.05) is 0 Å². The summed E-state index contributed by atoms with van der Waals surface area (Å²) < 4.78 is 0. The molecule has 0 amide bonds. The van der Waals surface area contributed by atoms with E-state index < -0.39 is 0 Å². The van der Waals surface area contributed by atoms with Gasteiger partial charge in [0.1, 0.15) is 0 Å². The monoisotopic (exact) mass is 261 g/mol. The van der Waals surface area contributed by atoms with Crippen LogP contribution in [0.15, 0.2) is 23.6 Å². The maximum atomic E-state index is 9.69. The first-order valence-corrected chi connectivity index (χ1v) is 6.87. The van der Waals surface area contributed by atoms with Gasteiger partial charge >= 0.3 is 0 Å². The Morgan fingerprint density at radius 3 is 2.78 bits per heavy atom. The lowest BCUT2D eigenvalue weighted by Crippen LogP contribution is -2.30. The van der Waals surface area contributed by atoms with E-state index in [4.69, 9.17) is 0 Å². The van der Waals surface area contributed by atoms with Crippen LogP contribution in [0.5, 0.6) is 11.5 Å². The fourth-order valence-electron chi connectivity index (χ4n) is 2.50. The molecule has 18 heavy (non-hydrogen) atoms. The second-order valence-corrected chi connectivity index (χ2v) is 5.59. The standard InChI is InChI=1S/C14H15NO2S/c1-8-3-5-18-14(8)13-10-7-12(17)11(16)6-9(10)2-4-15-13/h3,5-7,13,15-17H,2,4H2,1H3. The minimum atomic E-state index is -0.0448. The van der Waals surface area contributed by atoms with Gasteiger partial charge in [0, 0.05) is 11.4 Å². The van der Waals surface area contributed by atoms with Gasteiger partial charge in [-0.3, -0.25) is 0 Å². The summed E-state index contributed by atoms with van der Waals surface area (Å²) in [6.07, 6.45) is 0.879. The highest BCUT2D eigenvalue weighted by atomic mass is 32.1. The van der Waals surface area contributed by atoms with Gasteiger partial charge in [-0.2, -0.15) is 0 Å². The number of phenolic OH excluding ortho intramolecular Hbond substituents is 2. The zero-order chi connectivity index (χ0) is 12.7. The zero-order valence-electron chi connectivity index (χ0n) is 10.1. The Bertz CT molecular complexity index is 591. The van der Waals surface area contributed by atoms with Crippen molar-refractivity contribution in [3.05, 3.63) is 45.1 Å². The highest BCUT2D eigenvalue weighted by Gasteiger charge is 2.24. The Balaban J connectivity index is 2.12. The fraction of sp³-hybridized carbons (Fsp3) is 0.286. The molecule has 0 saturated heterocycles. The quantitative estimate of drug-likeness (QED) is 0.692. The number of nitrogens with one attached hydrogen (secondary N) is 1. The first-order valence-electron chi connectivity index (χ1n) is 5.99. The molecule has 1 aromatic carbocycles. The molecule has 0 radical (unpaired) electrons. The summed E-state index contributed by atoms with van der Waals surface area (Å²) in [5.41, 5.74) is 3.45. The highest BCUT2D eigenvalue weighted by Crippen LogP contribution is 2.38. The summed E-state index contributed by atoms with van der Waals surface area (Å²) >= 11 is 1.72. The Morgan fingerprint density at radius 2 is 2.06 bits per heavy atom. The molecule has 1 aromatic heterocycles. The minimum absolute atomic E-state index is 0.0303. The first-order chi connectivity index (χ1) is 8.66. The molecule has 3 nitrogen and oxygen atoms in total. The minimum Gasteiger partial charge on any atom is -0.504 e. The normalized spacial score (nSPS) is 18.6. The van der Waals surface area contributed by atoms with Gasteiger partial charge in [-0.05, 0) is 53.6 Å². The molecule has 1 aliphatic heterocycles. The van der Waals surface area contributed by atoms with Crippen LogP contribution in [0.1, 0.15) is 27.6 Å². The molecule has 2 aromatic rings. The topological polar surface area (TPSA) is 52.5 Å². The summed E-state index contributed by atoms with van der Waals surface area (Å²) in [6.45, 7) is 2.99. The summed E-state index contributed by atoms with van der Waals surface area (Å²) in [5.74, 6) is -0.0750. The number of benzene rings is 1. The molecule has 0 spiro atoms. The van der Waals surface area contributed by atoms with E-state index in [-0.39, 0.29) is 17.5 Å². The van der Waals surface area contributed by atoms with Gasteiger partial charge in [-0.25, -0.2) is 0 Å². The van der Waals surface area contributed by atoms with E-state index in [0.717, 1.165) is 24.1 Å². The molecule has 0 fully saturated rings. The molecule has 1 aliphatic rings. The summed E-state index contributed by atoms with van der Waals surface area (Å²) in [5, 5.41) is 24.8. The average Bonchev–Trinajstić information content (AvgIpc) is 2.76. The van der Waals surface area contributed by atoms with Gasteiger partial charge in [-0.15, -0.1) is 11.3 Å². The van der Waals surface area contributed by atoms with Crippen LogP contribution in [0.2, 0.25) is 0 Å². The van der Waals surface area contributed by atoms with Gasteiger partial charge in [0.2, 0.25) is 0 Å². The van der Waals surface area contributed by atoms with Crippen LogP contribution in [0.3, 0.4) is 0 Å². The predicted molar refractivity (Wildman–Crippen MR) is 72.4 cm³/mol. The van der Waals surface area contributed by atoms with Crippen molar-refractivity contribution in [1.82, 2.24) is 5.32 Å². The van der Waals surface area contributed by atoms with Crippen molar-refractivity contribution in [3.8, 4) is 11.5 Å². The maximum Gasteiger partial charge on any atom is 0.157 e. The lowest BCUT2D eigenvalue weighted by molar-refractivity contribution is 0.400. The third kappa shape index (κ3) is 1.78. The summed E-state index contributed by atoms with van der Waals surface area (Å²) in [7, 11) is 0. The SMILES string of the molecule is Cc1ccsc1C1NCCc2cc(O)c(O)cc21. The van der Waals surface area contributed by atoms with E-state index in [2.05, 4.69) is 23.7 Å².